The SMILES string of the molecule is CNC(=O)c1ccc(C[NH+](C)Cn2nc(-c3ccccc3C)oc2=S)cc1. The van der Waals surface area contributed by atoms with Gasteiger partial charge in [0.2, 0.25) is 5.89 Å². The van der Waals surface area contributed by atoms with E-state index < -0.39 is 0 Å². The second kappa shape index (κ2) is 8.28. The molecule has 7 heteroatoms. The minimum Gasteiger partial charge on any atom is -0.409 e. The van der Waals surface area contributed by atoms with Crippen molar-refractivity contribution in [2.45, 2.75) is 20.1 Å². The molecule has 6 nitrogen and oxygen atoms in total. The Hall–Kier alpha value is -2.77. The average molecular weight is 383 g/mol. The maximum absolute atomic E-state index is 11.6. The van der Waals surface area contributed by atoms with Gasteiger partial charge in [-0.05, 0) is 42.9 Å². The first-order valence-corrected chi connectivity index (χ1v) is 9.15. The van der Waals surface area contributed by atoms with Crippen LogP contribution in [0.5, 0.6) is 0 Å². The molecule has 0 radical (unpaired) electrons. The lowest BCUT2D eigenvalue weighted by atomic mass is 10.1. The summed E-state index contributed by atoms with van der Waals surface area (Å²) < 4.78 is 7.41. The number of aryl methyl sites for hydroxylation is 1. The maximum Gasteiger partial charge on any atom is 0.292 e. The number of carbonyl (C=O) groups is 1. The highest BCUT2D eigenvalue weighted by atomic mass is 32.1. The van der Waals surface area contributed by atoms with Gasteiger partial charge in [0.15, 0.2) is 6.67 Å². The molecule has 27 heavy (non-hydrogen) atoms. The predicted molar refractivity (Wildman–Crippen MR) is 106 cm³/mol. The van der Waals surface area contributed by atoms with Gasteiger partial charge in [-0.3, -0.25) is 4.79 Å². The summed E-state index contributed by atoms with van der Waals surface area (Å²) >= 11 is 5.33. The van der Waals surface area contributed by atoms with Crippen LogP contribution in [0.3, 0.4) is 0 Å². The monoisotopic (exact) mass is 383 g/mol. The molecule has 0 aliphatic rings. The molecular weight excluding hydrogens is 360 g/mol. The second-order valence-electron chi connectivity index (χ2n) is 6.56. The number of nitrogens with one attached hydrogen (secondary N) is 2. The lowest BCUT2D eigenvalue weighted by molar-refractivity contribution is -0.917. The third-order valence-electron chi connectivity index (χ3n) is 4.35. The van der Waals surface area contributed by atoms with Crippen LogP contribution in [-0.4, -0.2) is 29.8 Å². The summed E-state index contributed by atoms with van der Waals surface area (Å²) in [6, 6.07) is 15.5. The van der Waals surface area contributed by atoms with Crippen molar-refractivity contribution in [2.75, 3.05) is 14.1 Å². The van der Waals surface area contributed by atoms with Crippen LogP contribution in [0, 0.1) is 11.8 Å². The van der Waals surface area contributed by atoms with Crippen LogP contribution in [0.15, 0.2) is 52.9 Å². The van der Waals surface area contributed by atoms with Crippen molar-refractivity contribution in [3.8, 4) is 11.5 Å². The minimum atomic E-state index is -0.0834. The zero-order chi connectivity index (χ0) is 19.4. The normalized spacial score (nSPS) is 12.0. The number of carbonyl (C=O) groups excluding carboxylic acids is 1. The van der Waals surface area contributed by atoms with E-state index in [-0.39, 0.29) is 5.91 Å². The smallest absolute Gasteiger partial charge is 0.292 e. The Morgan fingerprint density at radius 3 is 2.59 bits per heavy atom. The molecule has 3 rings (SSSR count). The summed E-state index contributed by atoms with van der Waals surface area (Å²) in [5.74, 6) is 0.459. The first-order valence-electron chi connectivity index (χ1n) is 8.74. The van der Waals surface area contributed by atoms with E-state index in [0.717, 1.165) is 23.2 Å². The molecule has 0 fully saturated rings. The van der Waals surface area contributed by atoms with Gasteiger partial charge in [0.25, 0.3) is 10.7 Å². The number of hydrogen-bond donors (Lipinski definition) is 2. The zero-order valence-corrected chi connectivity index (χ0v) is 16.5. The van der Waals surface area contributed by atoms with Crippen LogP contribution in [0.25, 0.3) is 11.5 Å². The zero-order valence-electron chi connectivity index (χ0n) is 15.7. The van der Waals surface area contributed by atoms with Gasteiger partial charge in [0, 0.05) is 23.7 Å². The largest absolute Gasteiger partial charge is 0.409 e. The molecule has 1 aromatic heterocycles. The highest BCUT2D eigenvalue weighted by Gasteiger charge is 2.13. The van der Waals surface area contributed by atoms with Gasteiger partial charge in [0.05, 0.1) is 7.05 Å². The Kier molecular flexibility index (Phi) is 5.83. The molecule has 1 heterocycles. The number of amides is 1. The first kappa shape index (κ1) is 19.0. The Labute approximate surface area is 163 Å². The summed E-state index contributed by atoms with van der Waals surface area (Å²) in [5, 5.41) is 7.17. The van der Waals surface area contributed by atoms with Crippen LogP contribution in [-0.2, 0) is 13.2 Å². The van der Waals surface area contributed by atoms with Crippen molar-refractivity contribution < 1.29 is 14.1 Å². The molecular formula is C20H23N4O2S+. The van der Waals surface area contributed by atoms with Crippen LogP contribution >= 0.6 is 12.2 Å². The Bertz CT molecular complexity index is 992. The standard InChI is InChI=1S/C20H22N4O2S/c1-14-6-4-5-7-17(14)19-22-24(20(27)26-19)13-23(3)12-15-8-10-16(11-9-15)18(25)21-2/h4-11H,12-13H2,1-3H3,(H,21,25)/p+1. The van der Waals surface area contributed by atoms with Crippen LogP contribution in [0.2, 0.25) is 0 Å². The highest BCUT2D eigenvalue weighted by Crippen LogP contribution is 2.21. The number of benzene rings is 2. The third kappa shape index (κ3) is 4.50. The van der Waals surface area contributed by atoms with Crippen LogP contribution < -0.4 is 10.2 Å². The molecule has 1 unspecified atom stereocenters. The van der Waals surface area contributed by atoms with E-state index in [1.54, 1.807) is 11.7 Å². The van der Waals surface area contributed by atoms with E-state index in [4.69, 9.17) is 16.6 Å². The Morgan fingerprint density at radius 1 is 1.22 bits per heavy atom. The Morgan fingerprint density at radius 2 is 1.93 bits per heavy atom. The highest BCUT2D eigenvalue weighted by molar-refractivity contribution is 7.71. The number of rotatable bonds is 6. The predicted octanol–water partition coefficient (Wildman–Crippen LogP) is 2.21. The van der Waals surface area contributed by atoms with Crippen molar-refractivity contribution in [3.63, 3.8) is 0 Å². The number of hydrogen-bond acceptors (Lipinski definition) is 4. The van der Waals surface area contributed by atoms with Crippen LogP contribution in [0.1, 0.15) is 21.5 Å². The molecule has 0 bridgehead atoms. The summed E-state index contributed by atoms with van der Waals surface area (Å²) in [6.45, 7) is 3.39. The van der Waals surface area contributed by atoms with E-state index in [9.17, 15) is 4.79 Å². The van der Waals surface area contributed by atoms with E-state index in [1.165, 1.54) is 4.90 Å². The number of nitrogens with zero attached hydrogens (tertiary/aromatic N) is 2. The molecule has 0 aliphatic heterocycles. The van der Waals surface area contributed by atoms with Gasteiger partial charge in [-0.25, -0.2) is 0 Å². The fourth-order valence-corrected chi connectivity index (χ4v) is 3.09. The topological polar surface area (TPSA) is 64.5 Å². The van der Waals surface area contributed by atoms with Crippen molar-refractivity contribution in [1.29, 1.82) is 0 Å². The van der Waals surface area contributed by atoms with Crippen molar-refractivity contribution in [1.82, 2.24) is 15.1 Å². The summed E-state index contributed by atoms with van der Waals surface area (Å²) in [5.41, 5.74) is 3.83. The van der Waals surface area contributed by atoms with Crippen molar-refractivity contribution in [3.05, 3.63) is 70.1 Å². The number of aromatic nitrogens is 2. The van der Waals surface area contributed by atoms with Crippen LogP contribution in [0.4, 0.5) is 0 Å². The Balaban J connectivity index is 1.69. The summed E-state index contributed by atoms with van der Waals surface area (Å²) in [4.78, 5) is 13.2. The molecule has 2 N–H and O–H groups in total. The van der Waals surface area contributed by atoms with E-state index in [2.05, 4.69) is 17.5 Å². The molecule has 0 aliphatic carbocycles. The minimum absolute atomic E-state index is 0.0834. The quantitative estimate of drug-likeness (QED) is 0.641. The molecule has 3 aromatic rings. The first-order chi connectivity index (χ1) is 13.0. The molecule has 0 saturated carbocycles. The lowest BCUT2D eigenvalue weighted by Gasteiger charge is -2.13. The molecule has 140 valence electrons. The third-order valence-corrected chi connectivity index (χ3v) is 4.64. The maximum atomic E-state index is 11.6. The van der Waals surface area contributed by atoms with E-state index >= 15 is 0 Å². The van der Waals surface area contributed by atoms with E-state index in [1.807, 2.05) is 55.5 Å². The molecule has 2 aromatic carbocycles. The lowest BCUT2D eigenvalue weighted by Crippen LogP contribution is -3.07. The van der Waals surface area contributed by atoms with Gasteiger partial charge >= 0.3 is 0 Å². The van der Waals surface area contributed by atoms with Gasteiger partial charge in [0.1, 0.15) is 6.54 Å². The van der Waals surface area contributed by atoms with E-state index in [0.29, 0.717) is 23.0 Å². The van der Waals surface area contributed by atoms with Crippen molar-refractivity contribution >= 4 is 18.1 Å². The second-order valence-corrected chi connectivity index (χ2v) is 6.90. The van der Waals surface area contributed by atoms with Crippen molar-refractivity contribution in [2.24, 2.45) is 0 Å². The van der Waals surface area contributed by atoms with Gasteiger partial charge < -0.3 is 14.6 Å². The summed E-state index contributed by atoms with van der Waals surface area (Å²) in [7, 11) is 3.69. The average Bonchev–Trinajstić information content (AvgIpc) is 3.02. The van der Waals surface area contributed by atoms with Gasteiger partial charge in [-0.2, -0.15) is 4.68 Å². The number of quaternary nitrogens is 1. The van der Waals surface area contributed by atoms with Gasteiger partial charge in [-0.15, -0.1) is 5.10 Å². The van der Waals surface area contributed by atoms with Gasteiger partial charge in [-0.1, -0.05) is 30.3 Å². The fraction of sp³-hybridized carbons (Fsp3) is 0.250. The fourth-order valence-electron chi connectivity index (χ4n) is 2.91. The molecule has 1 amide bonds. The summed E-state index contributed by atoms with van der Waals surface area (Å²) in [6.07, 6.45) is 0. The molecule has 0 saturated heterocycles. The molecule has 0 spiro atoms. The molecule has 1 atom stereocenters.